The normalized spacial score (nSPS) is 26.2. The van der Waals surface area contributed by atoms with Gasteiger partial charge in [0.2, 0.25) is 10.0 Å². The molecular formula is C20H31ClN3O3S+. The Morgan fingerprint density at radius 1 is 1.18 bits per heavy atom. The van der Waals surface area contributed by atoms with E-state index in [1.165, 1.54) is 16.8 Å². The number of amides is 1. The highest BCUT2D eigenvalue weighted by Crippen LogP contribution is 2.23. The highest BCUT2D eigenvalue weighted by molar-refractivity contribution is 7.89. The van der Waals surface area contributed by atoms with Crippen molar-refractivity contribution in [1.82, 2.24) is 9.21 Å². The van der Waals surface area contributed by atoms with E-state index in [-0.39, 0.29) is 28.9 Å². The molecule has 156 valence electrons. The molecule has 1 N–H and O–H groups in total. The van der Waals surface area contributed by atoms with Gasteiger partial charge in [0.05, 0.1) is 31.1 Å². The van der Waals surface area contributed by atoms with Gasteiger partial charge in [-0.2, -0.15) is 4.31 Å². The first-order valence-electron chi connectivity index (χ1n) is 10.1. The summed E-state index contributed by atoms with van der Waals surface area (Å²) < 4.78 is 27.2. The third-order valence-corrected chi connectivity index (χ3v) is 8.36. The van der Waals surface area contributed by atoms with Crippen LogP contribution >= 0.6 is 11.6 Å². The second kappa shape index (κ2) is 8.69. The molecule has 1 aromatic carbocycles. The van der Waals surface area contributed by atoms with Gasteiger partial charge >= 0.3 is 0 Å². The van der Waals surface area contributed by atoms with Crippen LogP contribution in [0.1, 0.15) is 40.0 Å². The lowest BCUT2D eigenvalue weighted by Crippen LogP contribution is -3.19. The monoisotopic (exact) mass is 428 g/mol. The number of carbonyl (C=O) groups is 1. The van der Waals surface area contributed by atoms with Crippen LogP contribution in [0.4, 0.5) is 0 Å². The van der Waals surface area contributed by atoms with E-state index in [0.717, 1.165) is 17.7 Å². The van der Waals surface area contributed by atoms with Gasteiger partial charge in [0.1, 0.15) is 0 Å². The molecule has 2 heterocycles. The van der Waals surface area contributed by atoms with Crippen molar-refractivity contribution in [3.8, 4) is 0 Å². The van der Waals surface area contributed by atoms with Crippen LogP contribution in [0.25, 0.3) is 0 Å². The Labute approximate surface area is 173 Å². The molecule has 6 nitrogen and oxygen atoms in total. The molecule has 0 bridgehead atoms. The van der Waals surface area contributed by atoms with Crippen molar-refractivity contribution in [1.29, 1.82) is 0 Å². The van der Waals surface area contributed by atoms with Gasteiger partial charge in [-0.1, -0.05) is 17.7 Å². The first-order chi connectivity index (χ1) is 13.2. The van der Waals surface area contributed by atoms with E-state index >= 15 is 0 Å². The van der Waals surface area contributed by atoms with E-state index in [0.29, 0.717) is 31.2 Å². The number of nitrogens with zero attached hydrogens (tertiary/aromatic N) is 2. The van der Waals surface area contributed by atoms with Crippen molar-refractivity contribution in [3.05, 3.63) is 29.3 Å². The number of sulfonamides is 1. The second-order valence-corrected chi connectivity index (χ2v) is 10.5. The summed E-state index contributed by atoms with van der Waals surface area (Å²) in [7, 11) is -3.55. The van der Waals surface area contributed by atoms with E-state index < -0.39 is 10.0 Å². The molecule has 2 aliphatic rings. The van der Waals surface area contributed by atoms with Gasteiger partial charge in [-0.05, 0) is 58.2 Å². The largest absolute Gasteiger partial charge is 0.332 e. The maximum Gasteiger partial charge on any atom is 0.281 e. The first kappa shape index (κ1) is 21.6. The minimum absolute atomic E-state index is 0.154. The number of hydrogen-bond donors (Lipinski definition) is 1. The molecule has 3 atom stereocenters. The van der Waals surface area contributed by atoms with Gasteiger partial charge in [0.15, 0.2) is 6.04 Å². The molecule has 2 aliphatic heterocycles. The van der Waals surface area contributed by atoms with Crippen LogP contribution in [0.3, 0.4) is 0 Å². The minimum atomic E-state index is -3.55. The van der Waals surface area contributed by atoms with Crippen molar-refractivity contribution in [2.24, 2.45) is 0 Å². The van der Waals surface area contributed by atoms with Crippen LogP contribution in [0.15, 0.2) is 29.2 Å². The van der Waals surface area contributed by atoms with Crippen LogP contribution in [-0.4, -0.2) is 67.8 Å². The summed E-state index contributed by atoms with van der Waals surface area (Å²) in [5.41, 5.74) is 0. The number of piperazine rings is 1. The van der Waals surface area contributed by atoms with Crippen molar-refractivity contribution in [3.63, 3.8) is 0 Å². The standard InChI is InChI=1S/C20H30ClN3O3S/c1-15-6-4-7-16(2)24(15)20(25)17(3)22-10-12-23(13-11-22)28(26,27)19-9-5-8-18(21)14-19/h5,8-9,14-17H,4,6-7,10-13H2,1-3H3/p+1/t15-,16+,17-/m1/s1. The van der Waals surface area contributed by atoms with Crippen molar-refractivity contribution < 1.29 is 18.1 Å². The zero-order valence-electron chi connectivity index (χ0n) is 16.9. The van der Waals surface area contributed by atoms with Gasteiger partial charge in [-0.25, -0.2) is 8.42 Å². The zero-order valence-corrected chi connectivity index (χ0v) is 18.5. The lowest BCUT2D eigenvalue weighted by Gasteiger charge is -2.42. The van der Waals surface area contributed by atoms with Crippen LogP contribution in [0, 0.1) is 0 Å². The molecule has 3 rings (SSSR count). The summed E-state index contributed by atoms with van der Waals surface area (Å²) in [4.78, 5) is 16.6. The molecule has 0 aromatic heterocycles. The number of likely N-dealkylation sites (tertiary alicyclic amines) is 1. The van der Waals surface area contributed by atoms with Crippen molar-refractivity contribution >= 4 is 27.5 Å². The zero-order chi connectivity index (χ0) is 20.5. The molecule has 1 amide bonds. The van der Waals surface area contributed by atoms with E-state index in [4.69, 9.17) is 11.6 Å². The number of rotatable bonds is 4. The Kier molecular flexibility index (Phi) is 6.69. The molecule has 2 fully saturated rings. The van der Waals surface area contributed by atoms with Gasteiger partial charge in [0.25, 0.3) is 5.91 Å². The number of quaternary nitrogens is 1. The number of nitrogens with one attached hydrogen (secondary N) is 1. The summed E-state index contributed by atoms with van der Waals surface area (Å²) >= 11 is 5.96. The average Bonchev–Trinajstić information content (AvgIpc) is 2.67. The summed E-state index contributed by atoms with van der Waals surface area (Å²) in [6.45, 7) is 8.31. The summed E-state index contributed by atoms with van der Waals surface area (Å²) in [6, 6.07) is 6.79. The summed E-state index contributed by atoms with van der Waals surface area (Å²) in [5.74, 6) is 0.195. The van der Waals surface area contributed by atoms with Crippen LogP contribution in [0.2, 0.25) is 5.02 Å². The number of hydrogen-bond acceptors (Lipinski definition) is 3. The molecule has 8 heteroatoms. The fourth-order valence-corrected chi connectivity index (χ4v) is 6.22. The first-order valence-corrected chi connectivity index (χ1v) is 12.0. The Balaban J connectivity index is 1.64. The molecular weight excluding hydrogens is 398 g/mol. The van der Waals surface area contributed by atoms with Crippen LogP contribution in [-0.2, 0) is 14.8 Å². The fourth-order valence-electron chi connectivity index (χ4n) is 4.48. The van der Waals surface area contributed by atoms with Crippen LogP contribution in [0.5, 0.6) is 0 Å². The molecule has 0 radical (unpaired) electrons. The number of carbonyl (C=O) groups excluding carboxylic acids is 1. The molecule has 0 spiro atoms. The second-order valence-electron chi connectivity index (χ2n) is 8.12. The summed E-state index contributed by atoms with van der Waals surface area (Å²) in [5, 5.41) is 0.411. The predicted molar refractivity (Wildman–Crippen MR) is 110 cm³/mol. The molecule has 0 aliphatic carbocycles. The molecule has 0 unspecified atom stereocenters. The fraction of sp³-hybridized carbons (Fsp3) is 0.650. The number of piperidine rings is 1. The highest BCUT2D eigenvalue weighted by Gasteiger charge is 2.39. The summed E-state index contributed by atoms with van der Waals surface area (Å²) in [6.07, 6.45) is 3.29. The van der Waals surface area contributed by atoms with Gasteiger partial charge in [0, 0.05) is 17.1 Å². The Hall–Kier alpha value is -1.15. The third-order valence-electron chi connectivity index (χ3n) is 6.23. The van der Waals surface area contributed by atoms with E-state index in [2.05, 4.69) is 18.7 Å². The Bertz CT molecular complexity index is 799. The lowest BCUT2D eigenvalue weighted by molar-refractivity contribution is -0.918. The quantitative estimate of drug-likeness (QED) is 0.788. The molecule has 0 saturated carbocycles. The predicted octanol–water partition coefficient (Wildman–Crippen LogP) is 1.41. The van der Waals surface area contributed by atoms with Crippen LogP contribution < -0.4 is 4.90 Å². The molecule has 1 aromatic rings. The Morgan fingerprint density at radius 2 is 1.79 bits per heavy atom. The smallest absolute Gasteiger partial charge is 0.281 e. The minimum Gasteiger partial charge on any atom is -0.332 e. The van der Waals surface area contributed by atoms with Gasteiger partial charge in [-0.3, -0.25) is 4.79 Å². The van der Waals surface area contributed by atoms with Crippen molar-refractivity contribution in [2.45, 2.75) is 63.1 Å². The average molecular weight is 429 g/mol. The van der Waals surface area contributed by atoms with E-state index in [1.807, 2.05) is 6.92 Å². The van der Waals surface area contributed by atoms with E-state index in [1.54, 1.807) is 18.2 Å². The topological polar surface area (TPSA) is 62.1 Å². The maximum absolute atomic E-state index is 13.1. The lowest BCUT2D eigenvalue weighted by atomic mass is 9.96. The van der Waals surface area contributed by atoms with Gasteiger partial charge < -0.3 is 9.80 Å². The molecule has 28 heavy (non-hydrogen) atoms. The number of benzene rings is 1. The molecule has 2 saturated heterocycles. The van der Waals surface area contributed by atoms with Crippen molar-refractivity contribution in [2.75, 3.05) is 26.2 Å². The highest BCUT2D eigenvalue weighted by atomic mass is 35.5. The Morgan fingerprint density at radius 3 is 2.36 bits per heavy atom. The number of halogens is 1. The van der Waals surface area contributed by atoms with E-state index in [9.17, 15) is 13.2 Å². The maximum atomic E-state index is 13.1. The van der Waals surface area contributed by atoms with Gasteiger partial charge in [-0.15, -0.1) is 0 Å². The third kappa shape index (κ3) is 4.37. The SMILES string of the molecule is C[C@@H]1CCC[C@H](C)N1C(=O)[C@@H](C)[NH+]1CCN(S(=O)(=O)c2cccc(Cl)c2)CC1.